The van der Waals surface area contributed by atoms with Gasteiger partial charge >= 0.3 is 6.18 Å². The van der Waals surface area contributed by atoms with Crippen molar-refractivity contribution in [2.45, 2.75) is 38.7 Å². The summed E-state index contributed by atoms with van der Waals surface area (Å²) in [5.41, 5.74) is 3.32. The maximum absolute atomic E-state index is 14.3. The Morgan fingerprint density at radius 1 is 0.750 bits per heavy atom. The number of hydrogen-bond acceptors (Lipinski definition) is 6. The lowest BCUT2D eigenvalue weighted by Gasteiger charge is -2.36. The number of benzene rings is 4. The molecule has 1 atom stereocenters. The molecule has 296 valence electrons. The van der Waals surface area contributed by atoms with E-state index in [1.165, 1.54) is 29.2 Å². The number of nitrogens with zero attached hydrogens (tertiary/aromatic N) is 4. The smallest absolute Gasteiger partial charge is 0.377 e. The Bertz CT molecular complexity index is 1870. The summed E-state index contributed by atoms with van der Waals surface area (Å²) in [4.78, 5) is 47.4. The topological polar surface area (TPSA) is 82.6 Å². The number of likely N-dealkylation sites (N-methyl/N-ethyl adjacent to an activating group) is 1. The zero-order valence-corrected chi connectivity index (χ0v) is 31.9. The maximum Gasteiger partial charge on any atom is 0.416 e. The summed E-state index contributed by atoms with van der Waals surface area (Å²) < 4.78 is 51.1. The van der Waals surface area contributed by atoms with Crippen molar-refractivity contribution in [2.75, 3.05) is 64.5 Å². The SMILES string of the molecule is CC(=O)N1CCN(c2ccc(CN(C(=O)/C=C/c3ccc(C(F)(F)F)cc3)[C@@H](Cc3ccccc3)C(=O)N(C)CCOCCOCc3ccccc3)cc2)CC1. The average Bonchev–Trinajstić information content (AvgIpc) is 3.21. The number of carbonyl (C=O) groups is 3. The summed E-state index contributed by atoms with van der Waals surface area (Å²) in [7, 11) is 1.68. The van der Waals surface area contributed by atoms with Crippen LogP contribution in [0.4, 0.5) is 18.9 Å². The van der Waals surface area contributed by atoms with E-state index in [0.29, 0.717) is 51.6 Å². The van der Waals surface area contributed by atoms with Gasteiger partial charge in [0.25, 0.3) is 0 Å². The van der Waals surface area contributed by atoms with Crippen molar-refractivity contribution in [3.05, 3.63) is 143 Å². The molecule has 0 saturated carbocycles. The number of hydrogen-bond donors (Lipinski definition) is 0. The molecule has 1 fully saturated rings. The van der Waals surface area contributed by atoms with Crippen molar-refractivity contribution in [3.8, 4) is 0 Å². The highest BCUT2D eigenvalue weighted by atomic mass is 19.4. The monoisotopic (exact) mass is 770 g/mol. The Labute approximate surface area is 326 Å². The average molecular weight is 771 g/mol. The highest BCUT2D eigenvalue weighted by Gasteiger charge is 2.32. The molecular weight excluding hydrogens is 722 g/mol. The van der Waals surface area contributed by atoms with Crippen molar-refractivity contribution in [1.29, 1.82) is 0 Å². The van der Waals surface area contributed by atoms with E-state index in [-0.39, 0.29) is 37.9 Å². The molecule has 0 aliphatic carbocycles. The first kappa shape index (κ1) is 41.7. The molecule has 0 unspecified atom stereocenters. The third-order valence-electron chi connectivity index (χ3n) is 9.68. The Hall–Kier alpha value is -5.46. The number of piperazine rings is 1. The molecule has 3 amide bonds. The minimum Gasteiger partial charge on any atom is -0.377 e. The van der Waals surface area contributed by atoms with Gasteiger partial charge in [0.15, 0.2) is 0 Å². The third kappa shape index (κ3) is 12.5. The molecule has 0 N–H and O–H groups in total. The van der Waals surface area contributed by atoms with Crippen LogP contribution in [0.3, 0.4) is 0 Å². The second-order valence-corrected chi connectivity index (χ2v) is 13.7. The van der Waals surface area contributed by atoms with Gasteiger partial charge < -0.3 is 29.1 Å². The predicted octanol–water partition coefficient (Wildman–Crippen LogP) is 6.72. The fraction of sp³-hybridized carbons (Fsp3) is 0.341. The standard InChI is InChI=1S/C44H49F3N4O5/c1-34(52)49-23-25-50(26-24-49)40-20-15-37(16-21-40)32-51(42(53)22-17-35-13-18-39(19-14-35)44(45,46)47)41(31-36-9-5-3-6-10-36)43(54)48(2)27-28-55-29-30-56-33-38-11-7-4-8-12-38/h3-22,41H,23-33H2,1-2H3/b22-17+/t41-/m0/s1. The largest absolute Gasteiger partial charge is 0.416 e. The molecule has 0 aromatic heterocycles. The number of carbonyl (C=O) groups excluding carboxylic acids is 3. The second-order valence-electron chi connectivity index (χ2n) is 13.7. The summed E-state index contributed by atoms with van der Waals surface area (Å²) in [6.45, 7) is 6.09. The van der Waals surface area contributed by atoms with E-state index in [2.05, 4.69) is 4.90 Å². The van der Waals surface area contributed by atoms with Crippen molar-refractivity contribution in [3.63, 3.8) is 0 Å². The molecular formula is C44H49F3N4O5. The molecule has 1 aliphatic heterocycles. The molecule has 4 aromatic rings. The normalized spacial score (nSPS) is 13.8. The van der Waals surface area contributed by atoms with E-state index in [4.69, 9.17) is 9.47 Å². The van der Waals surface area contributed by atoms with Crippen LogP contribution < -0.4 is 4.90 Å². The van der Waals surface area contributed by atoms with Gasteiger partial charge in [-0.05, 0) is 52.6 Å². The lowest BCUT2D eigenvalue weighted by atomic mass is 10.0. The second kappa shape index (κ2) is 20.5. The maximum atomic E-state index is 14.3. The van der Waals surface area contributed by atoms with Crippen LogP contribution in [0.15, 0.2) is 115 Å². The number of rotatable bonds is 17. The van der Waals surface area contributed by atoms with Crippen LogP contribution in [0.2, 0.25) is 0 Å². The van der Waals surface area contributed by atoms with Crippen molar-refractivity contribution >= 4 is 29.5 Å². The molecule has 0 bridgehead atoms. The first-order valence-electron chi connectivity index (χ1n) is 18.7. The van der Waals surface area contributed by atoms with Gasteiger partial charge in [-0.2, -0.15) is 13.2 Å². The molecule has 0 radical (unpaired) electrons. The van der Waals surface area contributed by atoms with Crippen molar-refractivity contribution in [1.82, 2.24) is 14.7 Å². The van der Waals surface area contributed by atoms with E-state index in [9.17, 15) is 27.6 Å². The minimum absolute atomic E-state index is 0.0547. The summed E-state index contributed by atoms with van der Waals surface area (Å²) in [6, 6.07) is 30.7. The van der Waals surface area contributed by atoms with Gasteiger partial charge in [0.1, 0.15) is 6.04 Å². The van der Waals surface area contributed by atoms with E-state index in [0.717, 1.165) is 34.5 Å². The summed E-state index contributed by atoms with van der Waals surface area (Å²) in [5.74, 6) is -0.697. The Morgan fingerprint density at radius 3 is 1.96 bits per heavy atom. The molecule has 0 spiro atoms. The molecule has 1 aliphatic rings. The number of alkyl halides is 3. The first-order valence-corrected chi connectivity index (χ1v) is 18.7. The fourth-order valence-electron chi connectivity index (χ4n) is 6.39. The summed E-state index contributed by atoms with van der Waals surface area (Å²) in [5, 5.41) is 0. The van der Waals surface area contributed by atoms with Crippen LogP contribution in [-0.2, 0) is 49.6 Å². The van der Waals surface area contributed by atoms with Crippen LogP contribution in [0.5, 0.6) is 0 Å². The highest BCUT2D eigenvalue weighted by molar-refractivity contribution is 5.95. The number of halogens is 3. The van der Waals surface area contributed by atoms with Crippen LogP contribution in [0.25, 0.3) is 6.08 Å². The minimum atomic E-state index is -4.48. The van der Waals surface area contributed by atoms with Crippen LogP contribution in [0.1, 0.15) is 34.7 Å². The Kier molecular flexibility index (Phi) is 15.2. The van der Waals surface area contributed by atoms with Gasteiger partial charge in [0.2, 0.25) is 17.7 Å². The molecule has 1 heterocycles. The van der Waals surface area contributed by atoms with Gasteiger partial charge in [0, 0.05) is 71.4 Å². The third-order valence-corrected chi connectivity index (χ3v) is 9.68. The van der Waals surface area contributed by atoms with Crippen molar-refractivity contribution < 1.29 is 37.0 Å². The van der Waals surface area contributed by atoms with E-state index in [1.54, 1.807) is 18.9 Å². The number of ether oxygens (including phenoxy) is 2. The number of amides is 3. The summed E-state index contributed by atoms with van der Waals surface area (Å²) in [6.07, 6.45) is -1.49. The number of anilines is 1. The zero-order chi connectivity index (χ0) is 39.9. The van der Waals surface area contributed by atoms with Crippen LogP contribution in [0, 0.1) is 0 Å². The fourth-order valence-corrected chi connectivity index (χ4v) is 6.39. The summed E-state index contributed by atoms with van der Waals surface area (Å²) >= 11 is 0. The highest BCUT2D eigenvalue weighted by Crippen LogP contribution is 2.29. The van der Waals surface area contributed by atoms with Gasteiger partial charge in [-0.3, -0.25) is 14.4 Å². The zero-order valence-electron chi connectivity index (χ0n) is 31.9. The lowest BCUT2D eigenvalue weighted by Crippen LogP contribution is -2.51. The van der Waals surface area contributed by atoms with Gasteiger partial charge in [-0.15, -0.1) is 0 Å². The molecule has 12 heteroatoms. The quantitative estimate of drug-likeness (QED) is 0.0877. The molecule has 9 nitrogen and oxygen atoms in total. The van der Waals surface area contributed by atoms with E-state index >= 15 is 0 Å². The van der Waals surface area contributed by atoms with Gasteiger partial charge in [-0.25, -0.2) is 0 Å². The van der Waals surface area contributed by atoms with Gasteiger partial charge in [0.05, 0.1) is 32.0 Å². The predicted molar refractivity (Wildman–Crippen MR) is 210 cm³/mol. The van der Waals surface area contributed by atoms with Crippen LogP contribution >= 0.6 is 0 Å². The molecule has 5 rings (SSSR count). The molecule has 1 saturated heterocycles. The Morgan fingerprint density at radius 2 is 1.36 bits per heavy atom. The van der Waals surface area contributed by atoms with Gasteiger partial charge in [-0.1, -0.05) is 84.9 Å². The van der Waals surface area contributed by atoms with Crippen LogP contribution in [-0.4, -0.2) is 98.1 Å². The van der Waals surface area contributed by atoms with Crippen molar-refractivity contribution in [2.24, 2.45) is 0 Å². The molecule has 56 heavy (non-hydrogen) atoms. The molecule has 4 aromatic carbocycles. The Balaban J connectivity index is 1.32. The lowest BCUT2D eigenvalue weighted by molar-refractivity contribution is -0.143. The first-order chi connectivity index (χ1) is 27.0. The van der Waals surface area contributed by atoms with E-state index in [1.807, 2.05) is 89.8 Å². The van der Waals surface area contributed by atoms with E-state index < -0.39 is 23.7 Å².